The molecule has 4 rings (SSSR count). The first-order chi connectivity index (χ1) is 12.5. The SMILES string of the molecule is FC(F)(F)Oc1ccc(Nc2nc3ccc(-c4cnoc4)cc3[nH]2)cc1. The van der Waals surface area contributed by atoms with Crippen LogP contribution in [0, 0.1) is 0 Å². The van der Waals surface area contributed by atoms with Crippen LogP contribution in [0.2, 0.25) is 0 Å². The Morgan fingerprint density at radius 1 is 1.04 bits per heavy atom. The molecule has 0 fully saturated rings. The number of anilines is 2. The second kappa shape index (κ2) is 6.10. The number of nitrogens with one attached hydrogen (secondary N) is 2. The van der Waals surface area contributed by atoms with Gasteiger partial charge in [-0.1, -0.05) is 11.2 Å². The molecule has 132 valence electrons. The quantitative estimate of drug-likeness (QED) is 0.544. The van der Waals surface area contributed by atoms with Gasteiger partial charge in [0.15, 0.2) is 0 Å². The lowest BCUT2D eigenvalue weighted by Crippen LogP contribution is -2.16. The molecule has 0 aliphatic carbocycles. The summed E-state index contributed by atoms with van der Waals surface area (Å²) in [5, 5.41) is 6.68. The van der Waals surface area contributed by atoms with E-state index < -0.39 is 6.36 Å². The zero-order chi connectivity index (χ0) is 18.1. The molecule has 4 aromatic rings. The van der Waals surface area contributed by atoms with Crippen LogP contribution in [-0.4, -0.2) is 21.5 Å². The maximum atomic E-state index is 12.2. The average Bonchev–Trinajstić information content (AvgIpc) is 3.23. The standard InChI is InChI=1S/C17H11F3N4O2/c18-17(19,20)26-13-4-2-12(3-5-13)22-16-23-14-6-1-10(7-15(14)24-16)11-8-21-25-9-11/h1-9H,(H2,22,23,24). The van der Waals surface area contributed by atoms with Crippen molar-refractivity contribution in [1.29, 1.82) is 0 Å². The largest absolute Gasteiger partial charge is 0.573 e. The average molecular weight is 360 g/mol. The van der Waals surface area contributed by atoms with Gasteiger partial charge in [0.2, 0.25) is 5.95 Å². The maximum absolute atomic E-state index is 12.2. The third-order valence-corrected chi connectivity index (χ3v) is 3.60. The number of benzene rings is 2. The number of H-pyrrole nitrogens is 1. The number of halogens is 3. The molecular weight excluding hydrogens is 349 g/mol. The van der Waals surface area contributed by atoms with Crippen molar-refractivity contribution in [3.8, 4) is 16.9 Å². The number of ether oxygens (including phenoxy) is 1. The molecule has 2 aromatic carbocycles. The molecule has 0 aliphatic heterocycles. The molecule has 0 saturated carbocycles. The van der Waals surface area contributed by atoms with Crippen molar-refractivity contribution < 1.29 is 22.4 Å². The van der Waals surface area contributed by atoms with E-state index in [9.17, 15) is 13.2 Å². The van der Waals surface area contributed by atoms with Gasteiger partial charge < -0.3 is 19.6 Å². The second-order valence-electron chi connectivity index (χ2n) is 5.43. The Labute approximate surface area is 144 Å². The molecule has 0 saturated heterocycles. The van der Waals surface area contributed by atoms with Crippen molar-refractivity contribution in [1.82, 2.24) is 15.1 Å². The number of hydrogen-bond acceptors (Lipinski definition) is 5. The number of nitrogens with zero attached hydrogens (tertiary/aromatic N) is 2. The number of aromatic nitrogens is 3. The van der Waals surface area contributed by atoms with Crippen molar-refractivity contribution >= 4 is 22.7 Å². The van der Waals surface area contributed by atoms with Gasteiger partial charge in [-0.3, -0.25) is 0 Å². The Morgan fingerprint density at radius 2 is 1.85 bits per heavy atom. The number of aromatic amines is 1. The maximum Gasteiger partial charge on any atom is 0.573 e. The lowest BCUT2D eigenvalue weighted by atomic mass is 10.1. The number of imidazole rings is 1. The van der Waals surface area contributed by atoms with Crippen molar-refractivity contribution in [3.63, 3.8) is 0 Å². The van der Waals surface area contributed by atoms with Crippen LogP contribution in [0.15, 0.2) is 59.4 Å². The van der Waals surface area contributed by atoms with E-state index in [0.29, 0.717) is 11.6 Å². The highest BCUT2D eigenvalue weighted by Gasteiger charge is 2.30. The summed E-state index contributed by atoms with van der Waals surface area (Å²) in [6.45, 7) is 0. The molecule has 0 unspecified atom stereocenters. The smallest absolute Gasteiger partial charge is 0.406 e. The molecule has 0 radical (unpaired) electrons. The first kappa shape index (κ1) is 16.0. The van der Waals surface area contributed by atoms with Gasteiger partial charge in [0, 0.05) is 11.3 Å². The van der Waals surface area contributed by atoms with Gasteiger partial charge in [0.25, 0.3) is 0 Å². The van der Waals surface area contributed by atoms with E-state index in [4.69, 9.17) is 4.52 Å². The molecule has 2 aromatic heterocycles. The van der Waals surface area contributed by atoms with Crippen LogP contribution in [0.25, 0.3) is 22.2 Å². The number of rotatable bonds is 4. The van der Waals surface area contributed by atoms with E-state index in [1.165, 1.54) is 24.3 Å². The first-order valence-corrected chi connectivity index (χ1v) is 7.49. The molecule has 0 aliphatic rings. The normalized spacial score (nSPS) is 11.7. The Hall–Kier alpha value is -3.49. The number of alkyl halides is 3. The summed E-state index contributed by atoms with van der Waals surface area (Å²) >= 11 is 0. The van der Waals surface area contributed by atoms with E-state index in [2.05, 4.69) is 25.2 Å². The number of fused-ring (bicyclic) bond motifs is 1. The first-order valence-electron chi connectivity index (χ1n) is 7.49. The lowest BCUT2D eigenvalue weighted by Gasteiger charge is -2.09. The third kappa shape index (κ3) is 3.46. The minimum atomic E-state index is -4.71. The highest BCUT2D eigenvalue weighted by molar-refractivity contribution is 5.83. The van der Waals surface area contributed by atoms with E-state index in [1.807, 2.05) is 18.2 Å². The van der Waals surface area contributed by atoms with Gasteiger partial charge in [0.05, 0.1) is 17.2 Å². The fraction of sp³-hybridized carbons (Fsp3) is 0.0588. The zero-order valence-electron chi connectivity index (χ0n) is 13.0. The van der Waals surface area contributed by atoms with Crippen LogP contribution in [0.1, 0.15) is 0 Å². The second-order valence-corrected chi connectivity index (χ2v) is 5.43. The number of hydrogen-bond donors (Lipinski definition) is 2. The van der Waals surface area contributed by atoms with Gasteiger partial charge >= 0.3 is 6.36 Å². The molecule has 0 bridgehead atoms. The molecule has 26 heavy (non-hydrogen) atoms. The molecule has 9 heteroatoms. The van der Waals surface area contributed by atoms with Crippen molar-refractivity contribution in [2.24, 2.45) is 0 Å². The Kier molecular flexibility index (Phi) is 3.76. The third-order valence-electron chi connectivity index (χ3n) is 3.60. The predicted octanol–water partition coefficient (Wildman–Crippen LogP) is 4.86. The summed E-state index contributed by atoms with van der Waals surface area (Å²) in [6, 6.07) is 11.0. The van der Waals surface area contributed by atoms with E-state index in [-0.39, 0.29) is 5.75 Å². The molecule has 0 atom stereocenters. The van der Waals surface area contributed by atoms with Crippen molar-refractivity contribution in [2.75, 3.05) is 5.32 Å². The summed E-state index contributed by atoms with van der Waals surface area (Å²) in [5.41, 5.74) is 3.87. The topological polar surface area (TPSA) is 76.0 Å². The summed E-state index contributed by atoms with van der Waals surface area (Å²) in [5.74, 6) is 0.179. The van der Waals surface area contributed by atoms with Gasteiger partial charge in [-0.05, 0) is 42.0 Å². The minimum absolute atomic E-state index is 0.286. The molecule has 2 N–H and O–H groups in total. The minimum Gasteiger partial charge on any atom is -0.406 e. The highest BCUT2D eigenvalue weighted by atomic mass is 19.4. The van der Waals surface area contributed by atoms with E-state index in [1.54, 1.807) is 12.5 Å². The molecular formula is C17H11F3N4O2. The predicted molar refractivity (Wildman–Crippen MR) is 88.0 cm³/mol. The summed E-state index contributed by atoms with van der Waals surface area (Å²) in [4.78, 5) is 7.51. The van der Waals surface area contributed by atoms with E-state index >= 15 is 0 Å². The van der Waals surface area contributed by atoms with Crippen LogP contribution < -0.4 is 10.1 Å². The Bertz CT molecular complexity index is 1020. The highest BCUT2D eigenvalue weighted by Crippen LogP contribution is 2.27. The summed E-state index contributed by atoms with van der Waals surface area (Å²) in [6.07, 6.45) is -1.56. The van der Waals surface area contributed by atoms with Crippen molar-refractivity contribution in [2.45, 2.75) is 6.36 Å². The zero-order valence-corrected chi connectivity index (χ0v) is 13.0. The molecule has 0 spiro atoms. The fourth-order valence-electron chi connectivity index (χ4n) is 2.47. The van der Waals surface area contributed by atoms with Crippen LogP contribution in [-0.2, 0) is 0 Å². The van der Waals surface area contributed by atoms with Gasteiger partial charge in [-0.2, -0.15) is 0 Å². The summed E-state index contributed by atoms with van der Waals surface area (Å²) < 4.78 is 45.2. The molecule has 6 nitrogen and oxygen atoms in total. The molecule has 2 heterocycles. The van der Waals surface area contributed by atoms with Crippen LogP contribution in [0.5, 0.6) is 5.75 Å². The summed E-state index contributed by atoms with van der Waals surface area (Å²) in [7, 11) is 0. The van der Waals surface area contributed by atoms with Gasteiger partial charge in [-0.15, -0.1) is 13.2 Å². The Balaban J connectivity index is 1.54. The fourth-order valence-corrected chi connectivity index (χ4v) is 2.47. The monoisotopic (exact) mass is 360 g/mol. The van der Waals surface area contributed by atoms with Gasteiger partial charge in [0.1, 0.15) is 12.0 Å². The van der Waals surface area contributed by atoms with Crippen LogP contribution in [0.4, 0.5) is 24.8 Å². The molecule has 0 amide bonds. The van der Waals surface area contributed by atoms with Crippen LogP contribution in [0.3, 0.4) is 0 Å². The van der Waals surface area contributed by atoms with Gasteiger partial charge in [-0.25, -0.2) is 4.98 Å². The Morgan fingerprint density at radius 3 is 2.54 bits per heavy atom. The van der Waals surface area contributed by atoms with E-state index in [0.717, 1.165) is 22.2 Å². The lowest BCUT2D eigenvalue weighted by molar-refractivity contribution is -0.274. The van der Waals surface area contributed by atoms with Crippen LogP contribution >= 0.6 is 0 Å². The van der Waals surface area contributed by atoms with Crippen molar-refractivity contribution in [3.05, 3.63) is 54.9 Å².